The molecule has 0 spiro atoms. The second kappa shape index (κ2) is 6.73. The Morgan fingerprint density at radius 1 is 1.05 bits per heavy atom. The topological polar surface area (TPSA) is 24.4 Å². The molecule has 0 saturated heterocycles. The van der Waals surface area contributed by atoms with Crippen molar-refractivity contribution in [2.75, 3.05) is 13.1 Å². The van der Waals surface area contributed by atoms with E-state index in [4.69, 9.17) is 0 Å². The van der Waals surface area contributed by atoms with E-state index < -0.39 is 0 Å². The highest BCUT2D eigenvalue weighted by atomic mass is 19.1. The van der Waals surface area contributed by atoms with Gasteiger partial charge in [0, 0.05) is 12.1 Å². The van der Waals surface area contributed by atoms with Gasteiger partial charge in [-0.15, -0.1) is 0 Å². The summed E-state index contributed by atoms with van der Waals surface area (Å²) in [5, 5.41) is 3.32. The third kappa shape index (κ3) is 3.03. The van der Waals surface area contributed by atoms with Crippen LogP contribution in [0.5, 0.6) is 0 Å². The first-order valence-electron chi connectivity index (χ1n) is 7.92. The minimum absolute atomic E-state index is 0.0897. The molecule has 1 aliphatic heterocycles. The van der Waals surface area contributed by atoms with Crippen molar-refractivity contribution in [3.63, 3.8) is 0 Å². The van der Waals surface area contributed by atoms with Crippen molar-refractivity contribution in [1.29, 1.82) is 0 Å². The Kier molecular flexibility index (Phi) is 4.52. The monoisotopic (exact) mass is 296 g/mol. The highest BCUT2D eigenvalue weighted by Gasteiger charge is 2.13. The standard InChI is InChI=1S/C19H21FN2/c1-2-14-7-5-9-18(20)16(14)11-10-15-6-3-4-8-17(15)19-21-12-13-22-19/h3-9H,2,10-13H2,1H3,(H,21,22). The lowest BCUT2D eigenvalue weighted by molar-refractivity contribution is 0.605. The number of nitrogens with zero attached hydrogens (tertiary/aromatic N) is 1. The summed E-state index contributed by atoms with van der Waals surface area (Å²) in [6.07, 6.45) is 2.41. The van der Waals surface area contributed by atoms with Crippen LogP contribution in [0, 0.1) is 5.82 Å². The van der Waals surface area contributed by atoms with Gasteiger partial charge < -0.3 is 5.32 Å². The van der Waals surface area contributed by atoms with Crippen LogP contribution in [0.25, 0.3) is 0 Å². The number of hydrogen-bond donors (Lipinski definition) is 1. The van der Waals surface area contributed by atoms with Gasteiger partial charge in [-0.3, -0.25) is 4.99 Å². The van der Waals surface area contributed by atoms with Gasteiger partial charge in [-0.1, -0.05) is 43.3 Å². The fourth-order valence-corrected chi connectivity index (χ4v) is 3.02. The highest BCUT2D eigenvalue weighted by molar-refractivity contribution is 6.01. The smallest absolute Gasteiger partial charge is 0.128 e. The lowest BCUT2D eigenvalue weighted by Gasteiger charge is -2.12. The third-order valence-electron chi connectivity index (χ3n) is 4.19. The Balaban J connectivity index is 1.83. The van der Waals surface area contributed by atoms with E-state index in [2.05, 4.69) is 29.4 Å². The molecule has 114 valence electrons. The van der Waals surface area contributed by atoms with Crippen LogP contribution >= 0.6 is 0 Å². The largest absolute Gasteiger partial charge is 0.368 e. The fraction of sp³-hybridized carbons (Fsp3) is 0.316. The van der Waals surface area contributed by atoms with E-state index in [0.29, 0.717) is 0 Å². The quantitative estimate of drug-likeness (QED) is 0.897. The summed E-state index contributed by atoms with van der Waals surface area (Å²) < 4.78 is 14.1. The first-order valence-corrected chi connectivity index (χ1v) is 7.92. The Bertz CT molecular complexity index is 692. The molecule has 0 aliphatic carbocycles. The van der Waals surface area contributed by atoms with Crippen LogP contribution in [0.4, 0.5) is 4.39 Å². The molecule has 1 N–H and O–H groups in total. The number of rotatable bonds is 5. The zero-order chi connectivity index (χ0) is 15.4. The van der Waals surface area contributed by atoms with E-state index in [9.17, 15) is 4.39 Å². The Morgan fingerprint density at radius 2 is 1.86 bits per heavy atom. The molecule has 1 aliphatic rings. The molecule has 0 bridgehead atoms. The van der Waals surface area contributed by atoms with Crippen LogP contribution in [0.1, 0.15) is 29.2 Å². The third-order valence-corrected chi connectivity index (χ3v) is 4.19. The lowest BCUT2D eigenvalue weighted by atomic mass is 9.95. The van der Waals surface area contributed by atoms with Gasteiger partial charge in [-0.25, -0.2) is 4.39 Å². The van der Waals surface area contributed by atoms with Crippen LogP contribution < -0.4 is 5.32 Å². The Labute approximate surface area is 131 Å². The average molecular weight is 296 g/mol. The van der Waals surface area contributed by atoms with Gasteiger partial charge in [0.1, 0.15) is 11.7 Å². The van der Waals surface area contributed by atoms with E-state index in [1.54, 1.807) is 12.1 Å². The van der Waals surface area contributed by atoms with Crippen LogP contribution in [-0.4, -0.2) is 18.9 Å². The summed E-state index contributed by atoms with van der Waals surface area (Å²) >= 11 is 0. The molecule has 1 heterocycles. The van der Waals surface area contributed by atoms with E-state index in [0.717, 1.165) is 54.9 Å². The summed E-state index contributed by atoms with van der Waals surface area (Å²) in [6.45, 7) is 3.80. The molecular formula is C19H21FN2. The maximum absolute atomic E-state index is 14.1. The van der Waals surface area contributed by atoms with Crippen molar-refractivity contribution in [2.45, 2.75) is 26.2 Å². The number of nitrogens with one attached hydrogen (secondary N) is 1. The maximum atomic E-state index is 14.1. The molecule has 2 aromatic rings. The number of benzene rings is 2. The van der Waals surface area contributed by atoms with E-state index in [1.807, 2.05) is 18.2 Å². The summed E-state index contributed by atoms with van der Waals surface area (Å²) in [5.74, 6) is 0.882. The normalized spacial score (nSPS) is 13.8. The predicted octanol–water partition coefficient (Wildman–Crippen LogP) is 3.52. The first kappa shape index (κ1) is 14.8. The first-order chi connectivity index (χ1) is 10.8. The molecule has 0 aromatic heterocycles. The van der Waals surface area contributed by atoms with E-state index >= 15 is 0 Å². The molecule has 3 heteroatoms. The van der Waals surface area contributed by atoms with Gasteiger partial charge in [-0.2, -0.15) is 0 Å². The zero-order valence-electron chi connectivity index (χ0n) is 12.9. The van der Waals surface area contributed by atoms with Crippen molar-refractivity contribution >= 4 is 5.84 Å². The van der Waals surface area contributed by atoms with Crippen LogP contribution in [0.2, 0.25) is 0 Å². The number of aryl methyl sites for hydroxylation is 2. The number of halogens is 1. The predicted molar refractivity (Wildman–Crippen MR) is 89.0 cm³/mol. The molecule has 3 rings (SSSR count). The summed E-state index contributed by atoms with van der Waals surface area (Å²) in [7, 11) is 0. The lowest BCUT2D eigenvalue weighted by Crippen LogP contribution is -2.21. The van der Waals surface area contributed by atoms with E-state index in [-0.39, 0.29) is 5.82 Å². The average Bonchev–Trinajstić information content (AvgIpc) is 3.08. The molecule has 0 amide bonds. The molecule has 2 aromatic carbocycles. The molecular weight excluding hydrogens is 275 g/mol. The van der Waals surface area contributed by atoms with Gasteiger partial charge >= 0.3 is 0 Å². The second-order valence-electron chi connectivity index (χ2n) is 5.55. The van der Waals surface area contributed by atoms with Crippen LogP contribution in [0.3, 0.4) is 0 Å². The molecule has 22 heavy (non-hydrogen) atoms. The van der Waals surface area contributed by atoms with Gasteiger partial charge in [0.25, 0.3) is 0 Å². The molecule has 0 unspecified atom stereocenters. The Hall–Kier alpha value is -2.16. The number of hydrogen-bond acceptors (Lipinski definition) is 2. The van der Waals surface area contributed by atoms with Crippen molar-refractivity contribution < 1.29 is 4.39 Å². The zero-order valence-corrected chi connectivity index (χ0v) is 12.9. The number of aliphatic imine (C=N–C) groups is 1. The molecule has 0 fully saturated rings. The summed E-state index contributed by atoms with van der Waals surface area (Å²) in [4.78, 5) is 4.50. The van der Waals surface area contributed by atoms with Crippen LogP contribution in [-0.2, 0) is 19.3 Å². The molecule has 0 saturated carbocycles. The van der Waals surface area contributed by atoms with Crippen molar-refractivity contribution in [3.8, 4) is 0 Å². The molecule has 2 nitrogen and oxygen atoms in total. The Morgan fingerprint density at radius 3 is 2.64 bits per heavy atom. The van der Waals surface area contributed by atoms with Crippen molar-refractivity contribution in [2.24, 2.45) is 4.99 Å². The maximum Gasteiger partial charge on any atom is 0.128 e. The minimum atomic E-state index is -0.0897. The highest BCUT2D eigenvalue weighted by Crippen LogP contribution is 2.19. The summed E-state index contributed by atoms with van der Waals surface area (Å²) in [5.41, 5.74) is 4.32. The SMILES string of the molecule is CCc1cccc(F)c1CCc1ccccc1C1=NCCN1. The summed E-state index contributed by atoms with van der Waals surface area (Å²) in [6, 6.07) is 13.6. The second-order valence-corrected chi connectivity index (χ2v) is 5.55. The fourth-order valence-electron chi connectivity index (χ4n) is 3.02. The van der Waals surface area contributed by atoms with Crippen molar-refractivity contribution in [3.05, 3.63) is 70.5 Å². The van der Waals surface area contributed by atoms with Crippen molar-refractivity contribution in [1.82, 2.24) is 5.32 Å². The minimum Gasteiger partial charge on any atom is -0.368 e. The molecule has 0 radical (unpaired) electrons. The van der Waals surface area contributed by atoms with E-state index in [1.165, 1.54) is 5.56 Å². The van der Waals surface area contributed by atoms with Gasteiger partial charge in [-0.05, 0) is 42.0 Å². The van der Waals surface area contributed by atoms with Gasteiger partial charge in [0.2, 0.25) is 0 Å². The van der Waals surface area contributed by atoms with Crippen LogP contribution in [0.15, 0.2) is 47.5 Å². The molecule has 0 atom stereocenters. The van der Waals surface area contributed by atoms with Gasteiger partial charge in [0.05, 0.1) is 6.54 Å². The van der Waals surface area contributed by atoms with Gasteiger partial charge in [0.15, 0.2) is 0 Å². The number of amidine groups is 1.